The van der Waals surface area contributed by atoms with Crippen LogP contribution < -0.4 is 10.5 Å². The van der Waals surface area contributed by atoms with Crippen LogP contribution in [-0.2, 0) is 17.8 Å². The molecule has 0 amide bonds. The van der Waals surface area contributed by atoms with Gasteiger partial charge in [-0.3, -0.25) is 4.79 Å². The van der Waals surface area contributed by atoms with Crippen molar-refractivity contribution in [2.75, 3.05) is 5.73 Å². The second-order valence-corrected chi connectivity index (χ2v) is 4.65. The number of ether oxygens (including phenoxy) is 1. The highest BCUT2D eigenvalue weighted by Gasteiger charge is 2.07. The van der Waals surface area contributed by atoms with Gasteiger partial charge >= 0.3 is 5.97 Å². The van der Waals surface area contributed by atoms with E-state index in [2.05, 4.69) is 0 Å². The zero-order valence-corrected chi connectivity index (χ0v) is 11.3. The van der Waals surface area contributed by atoms with Gasteiger partial charge in [-0.2, -0.15) is 0 Å². The number of hydrogen-bond acceptors (Lipinski definition) is 3. The van der Waals surface area contributed by atoms with Gasteiger partial charge in [0.1, 0.15) is 12.4 Å². The molecule has 0 saturated carbocycles. The van der Waals surface area contributed by atoms with Crippen molar-refractivity contribution in [3.63, 3.8) is 0 Å². The lowest BCUT2D eigenvalue weighted by Crippen LogP contribution is -2.06. The molecular weight excluding hydrogens is 254 g/mol. The third-order valence-electron chi connectivity index (χ3n) is 3.06. The normalized spacial score (nSPS) is 10.2. The first-order valence-electron chi connectivity index (χ1n) is 6.34. The molecular formula is C16H17NO3. The Balaban J connectivity index is 2.14. The van der Waals surface area contributed by atoms with Crippen LogP contribution in [0.3, 0.4) is 0 Å². The maximum Gasteiger partial charge on any atom is 0.307 e. The zero-order valence-electron chi connectivity index (χ0n) is 11.3. The number of nitrogens with two attached hydrogens (primary N) is 1. The topological polar surface area (TPSA) is 72.5 Å². The van der Waals surface area contributed by atoms with Crippen LogP contribution in [0.1, 0.15) is 16.7 Å². The van der Waals surface area contributed by atoms with Gasteiger partial charge in [0.05, 0.1) is 6.42 Å². The highest BCUT2D eigenvalue weighted by molar-refractivity contribution is 5.70. The lowest BCUT2D eigenvalue weighted by atomic mass is 10.1. The van der Waals surface area contributed by atoms with Crippen molar-refractivity contribution in [1.82, 2.24) is 0 Å². The van der Waals surface area contributed by atoms with Crippen LogP contribution >= 0.6 is 0 Å². The first kappa shape index (κ1) is 13.9. The van der Waals surface area contributed by atoms with Crippen LogP contribution in [0, 0.1) is 6.92 Å². The maximum atomic E-state index is 10.8. The van der Waals surface area contributed by atoms with E-state index in [-0.39, 0.29) is 6.42 Å². The minimum atomic E-state index is -0.849. The standard InChI is InChI=1S/C16H17NO3/c1-11-6-7-14(17)9-15(11)20-10-13-5-3-2-4-12(13)8-16(18)19/h2-7,9H,8,10,17H2,1H3,(H,18,19). The van der Waals surface area contributed by atoms with Gasteiger partial charge in [0, 0.05) is 11.8 Å². The maximum absolute atomic E-state index is 10.8. The number of carboxylic acid groups (broad SMARTS) is 1. The molecule has 4 heteroatoms. The molecule has 0 unspecified atom stereocenters. The van der Waals surface area contributed by atoms with E-state index < -0.39 is 5.97 Å². The molecule has 0 fully saturated rings. The summed E-state index contributed by atoms with van der Waals surface area (Å²) in [5.74, 6) is -0.132. The van der Waals surface area contributed by atoms with Crippen LogP contribution in [0.15, 0.2) is 42.5 Å². The molecule has 0 saturated heterocycles. The van der Waals surface area contributed by atoms with Crippen molar-refractivity contribution in [2.24, 2.45) is 0 Å². The summed E-state index contributed by atoms with van der Waals surface area (Å²) in [6.45, 7) is 2.27. The van der Waals surface area contributed by atoms with Crippen molar-refractivity contribution >= 4 is 11.7 Å². The van der Waals surface area contributed by atoms with Gasteiger partial charge in [-0.05, 0) is 29.7 Å². The molecule has 20 heavy (non-hydrogen) atoms. The summed E-state index contributed by atoms with van der Waals surface area (Å²) in [6.07, 6.45) is -0.00452. The predicted octanol–water partition coefficient (Wildman–Crippen LogP) is 2.78. The van der Waals surface area contributed by atoms with E-state index in [0.29, 0.717) is 12.3 Å². The number of benzene rings is 2. The number of hydrogen-bond donors (Lipinski definition) is 2. The average molecular weight is 271 g/mol. The Morgan fingerprint density at radius 2 is 1.90 bits per heavy atom. The highest BCUT2D eigenvalue weighted by Crippen LogP contribution is 2.22. The van der Waals surface area contributed by atoms with Crippen molar-refractivity contribution in [1.29, 1.82) is 0 Å². The van der Waals surface area contributed by atoms with Crippen molar-refractivity contribution < 1.29 is 14.6 Å². The number of carbonyl (C=O) groups is 1. The molecule has 0 aromatic heterocycles. The lowest BCUT2D eigenvalue weighted by molar-refractivity contribution is -0.136. The Morgan fingerprint density at radius 1 is 1.20 bits per heavy atom. The van der Waals surface area contributed by atoms with Crippen LogP contribution in [-0.4, -0.2) is 11.1 Å². The summed E-state index contributed by atoms with van der Waals surface area (Å²) in [5.41, 5.74) is 9.01. The third kappa shape index (κ3) is 3.51. The first-order valence-corrected chi connectivity index (χ1v) is 6.34. The molecule has 2 aromatic rings. The summed E-state index contributed by atoms with van der Waals surface area (Å²) < 4.78 is 5.75. The van der Waals surface area contributed by atoms with E-state index >= 15 is 0 Å². The average Bonchev–Trinajstić information content (AvgIpc) is 2.41. The summed E-state index contributed by atoms with van der Waals surface area (Å²) in [6, 6.07) is 12.9. The summed E-state index contributed by atoms with van der Waals surface area (Å²) in [4.78, 5) is 10.8. The van der Waals surface area contributed by atoms with Crippen LogP contribution in [0.2, 0.25) is 0 Å². The molecule has 0 heterocycles. The SMILES string of the molecule is Cc1ccc(N)cc1OCc1ccccc1CC(=O)O. The Hall–Kier alpha value is -2.49. The number of anilines is 1. The van der Waals surface area contributed by atoms with Crippen LogP contribution in [0.5, 0.6) is 5.75 Å². The van der Waals surface area contributed by atoms with Crippen LogP contribution in [0.25, 0.3) is 0 Å². The largest absolute Gasteiger partial charge is 0.489 e. The molecule has 0 bridgehead atoms. The smallest absolute Gasteiger partial charge is 0.307 e. The predicted molar refractivity (Wildman–Crippen MR) is 77.7 cm³/mol. The molecule has 4 nitrogen and oxygen atoms in total. The Bertz CT molecular complexity index is 623. The number of aryl methyl sites for hydroxylation is 1. The number of aliphatic carboxylic acids is 1. The summed E-state index contributed by atoms with van der Waals surface area (Å²) in [5, 5.41) is 8.90. The van der Waals surface area contributed by atoms with Gasteiger partial charge in [-0.1, -0.05) is 30.3 Å². The fraction of sp³-hybridized carbons (Fsp3) is 0.188. The van der Waals surface area contributed by atoms with Crippen LogP contribution in [0.4, 0.5) is 5.69 Å². The van der Waals surface area contributed by atoms with Gasteiger partial charge < -0.3 is 15.6 Å². The van der Waals surface area contributed by atoms with Crippen molar-refractivity contribution in [2.45, 2.75) is 20.0 Å². The molecule has 0 aliphatic carbocycles. The van der Waals surface area contributed by atoms with Crippen molar-refractivity contribution in [3.05, 3.63) is 59.2 Å². The second kappa shape index (κ2) is 6.10. The van der Waals surface area contributed by atoms with Crippen molar-refractivity contribution in [3.8, 4) is 5.75 Å². The van der Waals surface area contributed by atoms with E-state index in [0.717, 1.165) is 22.4 Å². The molecule has 0 aliphatic rings. The molecule has 0 atom stereocenters. The molecule has 0 spiro atoms. The molecule has 2 aromatic carbocycles. The molecule has 104 valence electrons. The monoisotopic (exact) mass is 271 g/mol. The van der Waals surface area contributed by atoms with E-state index in [4.69, 9.17) is 15.6 Å². The van der Waals surface area contributed by atoms with Gasteiger partial charge in [-0.25, -0.2) is 0 Å². The summed E-state index contributed by atoms with van der Waals surface area (Å²) >= 11 is 0. The van der Waals surface area contributed by atoms with E-state index in [1.807, 2.05) is 37.3 Å². The van der Waals surface area contributed by atoms with Gasteiger partial charge in [0.25, 0.3) is 0 Å². The minimum absolute atomic E-state index is 0.00452. The first-order chi connectivity index (χ1) is 9.56. The lowest BCUT2D eigenvalue weighted by Gasteiger charge is -2.12. The Labute approximate surface area is 117 Å². The molecule has 2 rings (SSSR count). The third-order valence-corrected chi connectivity index (χ3v) is 3.06. The number of carboxylic acids is 1. The Morgan fingerprint density at radius 3 is 2.60 bits per heavy atom. The number of nitrogen functional groups attached to an aromatic ring is 1. The number of rotatable bonds is 5. The molecule has 0 radical (unpaired) electrons. The molecule has 3 N–H and O–H groups in total. The second-order valence-electron chi connectivity index (χ2n) is 4.65. The van der Waals surface area contributed by atoms with E-state index in [1.165, 1.54) is 0 Å². The zero-order chi connectivity index (χ0) is 14.5. The summed E-state index contributed by atoms with van der Waals surface area (Å²) in [7, 11) is 0. The van der Waals surface area contributed by atoms with E-state index in [1.54, 1.807) is 12.1 Å². The highest BCUT2D eigenvalue weighted by atomic mass is 16.5. The quantitative estimate of drug-likeness (QED) is 0.820. The Kier molecular flexibility index (Phi) is 4.25. The minimum Gasteiger partial charge on any atom is -0.489 e. The van der Waals surface area contributed by atoms with Gasteiger partial charge in [0.15, 0.2) is 0 Å². The van der Waals surface area contributed by atoms with Gasteiger partial charge in [-0.15, -0.1) is 0 Å². The molecule has 0 aliphatic heterocycles. The fourth-order valence-corrected chi connectivity index (χ4v) is 1.96. The van der Waals surface area contributed by atoms with E-state index in [9.17, 15) is 4.79 Å². The fourth-order valence-electron chi connectivity index (χ4n) is 1.96. The van der Waals surface area contributed by atoms with Gasteiger partial charge in [0.2, 0.25) is 0 Å².